The maximum Gasteiger partial charge on any atom is 0.418 e. The van der Waals surface area contributed by atoms with Gasteiger partial charge in [0.1, 0.15) is 5.69 Å². The SMILES string of the molecule is COC(=O)c1cc(N2CCOCC2)c(C(F)(F)F)cc1N(OC)OC. The summed E-state index contributed by atoms with van der Waals surface area (Å²) in [6.45, 7) is 1.16. The van der Waals surface area contributed by atoms with Crippen LogP contribution >= 0.6 is 0 Å². The molecule has 1 aliphatic heterocycles. The standard InChI is InChI=1S/C15H19F3N2O5/c1-22-14(21)10-8-13(19-4-6-25-7-5-19)11(15(16,17)18)9-12(10)20(23-2)24-3/h8-9H,4-7H2,1-3H3. The van der Waals surface area contributed by atoms with Crippen molar-refractivity contribution in [2.45, 2.75) is 6.18 Å². The van der Waals surface area contributed by atoms with Gasteiger partial charge in [0.15, 0.2) is 0 Å². The van der Waals surface area contributed by atoms with E-state index < -0.39 is 17.7 Å². The number of ether oxygens (including phenoxy) is 2. The molecule has 1 saturated heterocycles. The molecule has 1 aromatic carbocycles. The van der Waals surface area contributed by atoms with Crippen molar-refractivity contribution in [2.75, 3.05) is 57.8 Å². The summed E-state index contributed by atoms with van der Waals surface area (Å²) >= 11 is 0. The molecule has 7 nitrogen and oxygen atoms in total. The third-order valence-electron chi connectivity index (χ3n) is 3.70. The molecule has 1 aliphatic rings. The minimum Gasteiger partial charge on any atom is -0.465 e. The fourth-order valence-corrected chi connectivity index (χ4v) is 2.57. The molecule has 1 heterocycles. The molecule has 0 aromatic heterocycles. The van der Waals surface area contributed by atoms with E-state index in [0.29, 0.717) is 18.4 Å². The Kier molecular flexibility index (Phi) is 6.09. The van der Waals surface area contributed by atoms with Crippen LogP contribution in [0.5, 0.6) is 0 Å². The van der Waals surface area contributed by atoms with E-state index in [4.69, 9.17) is 14.4 Å². The van der Waals surface area contributed by atoms with Crippen LogP contribution in [-0.4, -0.2) is 53.6 Å². The summed E-state index contributed by atoms with van der Waals surface area (Å²) in [5.41, 5.74) is -1.34. The first-order valence-electron chi connectivity index (χ1n) is 7.38. The molecule has 0 aliphatic carbocycles. The Morgan fingerprint density at radius 1 is 1.16 bits per heavy atom. The third-order valence-corrected chi connectivity index (χ3v) is 3.70. The number of methoxy groups -OCH3 is 1. The fourth-order valence-electron chi connectivity index (χ4n) is 2.57. The summed E-state index contributed by atoms with van der Waals surface area (Å²) in [5, 5.41) is 0.713. The highest BCUT2D eigenvalue weighted by Gasteiger charge is 2.38. The van der Waals surface area contributed by atoms with E-state index in [9.17, 15) is 18.0 Å². The monoisotopic (exact) mass is 364 g/mol. The Morgan fingerprint density at radius 3 is 2.24 bits per heavy atom. The van der Waals surface area contributed by atoms with Gasteiger partial charge in [-0.15, -0.1) is 5.23 Å². The molecule has 2 rings (SSSR count). The largest absolute Gasteiger partial charge is 0.465 e. The first-order valence-corrected chi connectivity index (χ1v) is 7.38. The van der Waals surface area contributed by atoms with Crippen LogP contribution in [0, 0.1) is 0 Å². The second kappa shape index (κ2) is 7.89. The molecule has 0 N–H and O–H groups in total. The van der Waals surface area contributed by atoms with Crippen molar-refractivity contribution in [3.8, 4) is 0 Å². The zero-order valence-electron chi connectivity index (χ0n) is 14.1. The molecule has 0 atom stereocenters. The van der Waals surface area contributed by atoms with E-state index in [-0.39, 0.29) is 30.0 Å². The van der Waals surface area contributed by atoms with E-state index in [0.717, 1.165) is 19.2 Å². The molecule has 140 valence electrons. The minimum atomic E-state index is -4.63. The van der Waals surface area contributed by atoms with Gasteiger partial charge in [0.05, 0.1) is 51.4 Å². The van der Waals surface area contributed by atoms with Crippen molar-refractivity contribution >= 4 is 17.3 Å². The Balaban J connectivity index is 2.66. The Hall–Kier alpha value is -2.04. The Labute approximate surface area is 142 Å². The van der Waals surface area contributed by atoms with Crippen molar-refractivity contribution in [3.63, 3.8) is 0 Å². The number of nitrogens with zero attached hydrogens (tertiary/aromatic N) is 2. The van der Waals surface area contributed by atoms with Crippen LogP contribution in [0.25, 0.3) is 0 Å². The molecular formula is C15H19F3N2O5. The average molecular weight is 364 g/mol. The topological polar surface area (TPSA) is 60.5 Å². The van der Waals surface area contributed by atoms with Crippen LogP contribution < -0.4 is 10.1 Å². The highest BCUT2D eigenvalue weighted by Crippen LogP contribution is 2.41. The van der Waals surface area contributed by atoms with Gasteiger partial charge in [-0.2, -0.15) is 13.2 Å². The minimum absolute atomic E-state index is 0.110. The number of carbonyl (C=O) groups excluding carboxylic acids is 1. The van der Waals surface area contributed by atoms with Gasteiger partial charge in [-0.3, -0.25) is 9.68 Å². The molecular weight excluding hydrogens is 345 g/mol. The molecule has 0 saturated carbocycles. The number of esters is 1. The number of anilines is 2. The normalized spacial score (nSPS) is 15.2. The van der Waals surface area contributed by atoms with E-state index in [2.05, 4.69) is 4.74 Å². The lowest BCUT2D eigenvalue weighted by atomic mass is 10.0. The van der Waals surface area contributed by atoms with Gasteiger partial charge in [0.25, 0.3) is 0 Å². The number of hydrogen-bond acceptors (Lipinski definition) is 7. The summed E-state index contributed by atoms with van der Waals surface area (Å²) in [4.78, 5) is 23.4. The maximum atomic E-state index is 13.6. The average Bonchev–Trinajstić information content (AvgIpc) is 2.61. The lowest BCUT2D eigenvalue weighted by molar-refractivity contribution is -0.137. The number of alkyl halides is 3. The van der Waals surface area contributed by atoms with E-state index in [1.54, 1.807) is 0 Å². The summed E-state index contributed by atoms with van der Waals surface area (Å²) in [5.74, 6) is -0.808. The number of carbonyl (C=O) groups is 1. The zero-order chi connectivity index (χ0) is 18.6. The lowest BCUT2D eigenvalue weighted by Crippen LogP contribution is -2.37. The third kappa shape index (κ3) is 4.14. The van der Waals surface area contributed by atoms with Gasteiger partial charge >= 0.3 is 12.1 Å². The Morgan fingerprint density at radius 2 is 1.76 bits per heavy atom. The van der Waals surface area contributed by atoms with Gasteiger partial charge in [0, 0.05) is 13.1 Å². The first-order chi connectivity index (χ1) is 11.8. The van der Waals surface area contributed by atoms with Crippen molar-refractivity contribution in [1.29, 1.82) is 0 Å². The van der Waals surface area contributed by atoms with Crippen molar-refractivity contribution in [3.05, 3.63) is 23.3 Å². The maximum absolute atomic E-state index is 13.6. The number of halogens is 3. The summed E-state index contributed by atoms with van der Waals surface area (Å²) in [6, 6.07) is 1.95. The molecule has 1 aromatic rings. The highest BCUT2D eigenvalue weighted by molar-refractivity contribution is 5.97. The van der Waals surface area contributed by atoms with Crippen molar-refractivity contribution in [1.82, 2.24) is 0 Å². The molecule has 25 heavy (non-hydrogen) atoms. The van der Waals surface area contributed by atoms with E-state index in [1.165, 1.54) is 19.1 Å². The predicted octanol–water partition coefficient (Wildman–Crippen LogP) is 2.26. The molecule has 0 unspecified atom stereocenters. The van der Waals surface area contributed by atoms with E-state index in [1.807, 2.05) is 0 Å². The van der Waals surface area contributed by atoms with Gasteiger partial charge in [-0.1, -0.05) is 0 Å². The van der Waals surface area contributed by atoms with Gasteiger partial charge in [0.2, 0.25) is 0 Å². The number of hydrogen-bond donors (Lipinski definition) is 0. The second-order valence-corrected chi connectivity index (χ2v) is 5.10. The number of morpholine rings is 1. The zero-order valence-corrected chi connectivity index (χ0v) is 14.1. The van der Waals surface area contributed by atoms with Crippen molar-refractivity contribution in [2.24, 2.45) is 0 Å². The van der Waals surface area contributed by atoms with Crippen LogP contribution in [0.3, 0.4) is 0 Å². The number of benzene rings is 1. The smallest absolute Gasteiger partial charge is 0.418 e. The van der Waals surface area contributed by atoms with Crippen LogP contribution in [0.2, 0.25) is 0 Å². The van der Waals surface area contributed by atoms with Gasteiger partial charge in [-0.05, 0) is 12.1 Å². The first kappa shape index (κ1) is 19.3. The summed E-state index contributed by atoms with van der Waals surface area (Å²) in [7, 11) is 3.55. The molecule has 0 spiro atoms. The van der Waals surface area contributed by atoms with Crippen LogP contribution in [0.4, 0.5) is 24.5 Å². The van der Waals surface area contributed by atoms with Gasteiger partial charge < -0.3 is 14.4 Å². The van der Waals surface area contributed by atoms with Crippen LogP contribution in [-0.2, 0) is 25.3 Å². The molecule has 0 amide bonds. The molecule has 0 radical (unpaired) electrons. The molecule has 0 bridgehead atoms. The van der Waals surface area contributed by atoms with Crippen molar-refractivity contribution < 1.29 is 37.1 Å². The predicted molar refractivity (Wildman–Crippen MR) is 82.3 cm³/mol. The second-order valence-electron chi connectivity index (χ2n) is 5.10. The quantitative estimate of drug-likeness (QED) is 0.587. The van der Waals surface area contributed by atoms with Gasteiger partial charge in [-0.25, -0.2) is 4.79 Å². The molecule has 1 fully saturated rings. The summed E-state index contributed by atoms with van der Waals surface area (Å²) < 4.78 is 50.6. The van der Waals surface area contributed by atoms with E-state index >= 15 is 0 Å². The lowest BCUT2D eigenvalue weighted by Gasteiger charge is -2.32. The summed E-state index contributed by atoms with van der Waals surface area (Å²) in [6.07, 6.45) is -4.63. The fraction of sp³-hybridized carbons (Fsp3) is 0.533. The van der Waals surface area contributed by atoms with Crippen LogP contribution in [0.1, 0.15) is 15.9 Å². The molecule has 10 heteroatoms. The Bertz CT molecular complexity index is 614. The number of rotatable bonds is 5. The van der Waals surface area contributed by atoms with Crippen LogP contribution in [0.15, 0.2) is 12.1 Å². The highest BCUT2D eigenvalue weighted by atomic mass is 19.4.